The predicted molar refractivity (Wildman–Crippen MR) is 45.1 cm³/mol. The van der Waals surface area contributed by atoms with Gasteiger partial charge in [0.05, 0.1) is 14.2 Å². The van der Waals surface area contributed by atoms with Gasteiger partial charge in [0.2, 0.25) is 0 Å². The largest absolute Gasteiger partial charge is 0.173 e. The molecule has 0 amide bonds. The van der Waals surface area contributed by atoms with Gasteiger partial charge in [-0.25, -0.2) is 0 Å². The molecule has 0 unspecified atom stereocenters. The van der Waals surface area contributed by atoms with E-state index in [4.69, 9.17) is 9.68 Å². The molecule has 12 heavy (non-hydrogen) atoms. The summed E-state index contributed by atoms with van der Waals surface area (Å²) >= 11 is 0. The monoisotopic (exact) mass is 168 g/mol. The molecule has 1 N–H and O–H groups in total. The van der Waals surface area contributed by atoms with Crippen LogP contribution >= 0.6 is 0 Å². The van der Waals surface area contributed by atoms with Gasteiger partial charge in [-0.3, -0.25) is 0 Å². The van der Waals surface area contributed by atoms with Crippen LogP contribution in [0.5, 0.6) is 0 Å². The van der Waals surface area contributed by atoms with E-state index in [1.54, 1.807) is 14.2 Å². The molecule has 0 fully saturated rings. The zero-order chi connectivity index (χ0) is 8.81. The number of rotatable bonds is 4. The molecular weight excluding hydrogens is 154 g/mol. The lowest BCUT2D eigenvalue weighted by atomic mass is 10.2. The lowest BCUT2D eigenvalue weighted by Gasteiger charge is -2.09. The Balaban J connectivity index is 2.51. The molecule has 0 saturated heterocycles. The summed E-state index contributed by atoms with van der Waals surface area (Å²) in [6, 6.07) is 10.1. The van der Waals surface area contributed by atoms with Crippen molar-refractivity contribution in [1.82, 2.24) is 0 Å². The first-order valence-electron chi connectivity index (χ1n) is 3.84. The van der Waals surface area contributed by atoms with Gasteiger partial charge in [-0.2, -0.15) is 9.68 Å². The molecule has 0 aliphatic carbocycles. The second kappa shape index (κ2) is 4.87. The number of nitrogens with one attached hydrogen (secondary N) is 1. The van der Waals surface area contributed by atoms with E-state index in [-0.39, 0.29) is 0 Å². The molecule has 3 heteroatoms. The summed E-state index contributed by atoms with van der Waals surface area (Å²) in [4.78, 5) is 10.00. The summed E-state index contributed by atoms with van der Waals surface area (Å²) in [5.74, 6) is 0. The van der Waals surface area contributed by atoms with Gasteiger partial charge in [0, 0.05) is 5.56 Å². The zero-order valence-electron chi connectivity index (χ0n) is 7.41. The Morgan fingerprint density at radius 1 is 1.08 bits per heavy atom. The van der Waals surface area contributed by atoms with E-state index in [0.717, 1.165) is 0 Å². The van der Waals surface area contributed by atoms with Crippen molar-refractivity contribution in [2.24, 2.45) is 0 Å². The highest BCUT2D eigenvalue weighted by atomic mass is 16.9. The minimum Gasteiger partial charge on any atom is -0.173 e. The van der Waals surface area contributed by atoms with Gasteiger partial charge >= 0.3 is 0 Å². The summed E-state index contributed by atoms with van der Waals surface area (Å²) in [5, 5.41) is 0.640. The summed E-state index contributed by atoms with van der Waals surface area (Å²) in [5.41, 5.74) is 1.19. The molecule has 1 aromatic carbocycles. The molecule has 0 aromatic heterocycles. The summed E-state index contributed by atoms with van der Waals surface area (Å²) in [6.07, 6.45) is 0. The van der Waals surface area contributed by atoms with E-state index in [2.05, 4.69) is 0 Å². The minimum atomic E-state index is 0.640. The van der Waals surface area contributed by atoms with Gasteiger partial charge in [-0.05, 0) is 0 Å². The SMILES string of the molecule is CO[NH+](Cc1ccccc1)OC. The van der Waals surface area contributed by atoms with Crippen LogP contribution in [0.3, 0.4) is 0 Å². The smallest absolute Gasteiger partial charge is 0.165 e. The Morgan fingerprint density at radius 3 is 2.17 bits per heavy atom. The van der Waals surface area contributed by atoms with Gasteiger partial charge in [0.25, 0.3) is 0 Å². The first-order chi connectivity index (χ1) is 5.86. The molecule has 0 aliphatic rings. The lowest BCUT2D eigenvalue weighted by Crippen LogP contribution is -3.08. The molecule has 0 spiro atoms. The quantitative estimate of drug-likeness (QED) is 0.649. The molecule has 0 bridgehead atoms. The fourth-order valence-corrected chi connectivity index (χ4v) is 0.990. The van der Waals surface area contributed by atoms with Crippen LogP contribution in [0.1, 0.15) is 5.56 Å². The first-order valence-corrected chi connectivity index (χ1v) is 3.84. The van der Waals surface area contributed by atoms with E-state index in [9.17, 15) is 0 Å². The highest BCUT2D eigenvalue weighted by Gasteiger charge is 2.06. The van der Waals surface area contributed by atoms with Crippen molar-refractivity contribution in [3.63, 3.8) is 0 Å². The van der Waals surface area contributed by atoms with Crippen LogP contribution in [0, 0.1) is 0 Å². The van der Waals surface area contributed by atoms with Crippen LogP contribution in [0.25, 0.3) is 0 Å². The third-order valence-electron chi connectivity index (χ3n) is 1.65. The number of benzene rings is 1. The van der Waals surface area contributed by atoms with Crippen LogP contribution in [0.15, 0.2) is 30.3 Å². The van der Waals surface area contributed by atoms with Crippen molar-refractivity contribution in [2.75, 3.05) is 14.2 Å². The molecule has 0 radical (unpaired) electrons. The average Bonchev–Trinajstić information content (AvgIpc) is 2.16. The summed E-state index contributed by atoms with van der Waals surface area (Å²) in [7, 11) is 3.23. The fraction of sp³-hybridized carbons (Fsp3) is 0.333. The molecule has 1 rings (SSSR count). The van der Waals surface area contributed by atoms with Crippen molar-refractivity contribution in [3.05, 3.63) is 35.9 Å². The van der Waals surface area contributed by atoms with Gasteiger partial charge in [-0.1, -0.05) is 35.6 Å². The molecule has 0 heterocycles. The van der Waals surface area contributed by atoms with Crippen LogP contribution in [-0.2, 0) is 16.2 Å². The molecular formula is C9H14NO2+. The topological polar surface area (TPSA) is 22.9 Å². The van der Waals surface area contributed by atoms with Gasteiger partial charge in [-0.15, -0.1) is 0 Å². The average molecular weight is 168 g/mol. The predicted octanol–water partition coefficient (Wildman–Crippen LogP) is 0.194. The molecule has 0 aliphatic heterocycles. The van der Waals surface area contributed by atoms with E-state index >= 15 is 0 Å². The maximum Gasteiger partial charge on any atom is 0.165 e. The standard InChI is InChI=1S/C9H13NO2/c1-11-10(12-2)8-9-6-4-3-5-7-9/h3-7H,8H2,1-2H3/p+1. The molecule has 66 valence electrons. The summed E-state index contributed by atoms with van der Waals surface area (Å²) in [6.45, 7) is 0.716. The number of hydrogen-bond donors (Lipinski definition) is 1. The van der Waals surface area contributed by atoms with Gasteiger partial charge in [0.15, 0.2) is 6.54 Å². The first kappa shape index (κ1) is 9.19. The third-order valence-corrected chi connectivity index (χ3v) is 1.65. The van der Waals surface area contributed by atoms with Crippen molar-refractivity contribution in [3.8, 4) is 0 Å². The highest BCUT2D eigenvalue weighted by molar-refractivity contribution is 5.12. The number of hydrogen-bond acceptors (Lipinski definition) is 2. The van der Waals surface area contributed by atoms with Crippen molar-refractivity contribution >= 4 is 0 Å². The Labute approximate surface area is 72.4 Å². The highest BCUT2D eigenvalue weighted by Crippen LogP contribution is 1.94. The third kappa shape index (κ3) is 2.62. The van der Waals surface area contributed by atoms with E-state index in [1.165, 1.54) is 5.56 Å². The Bertz CT molecular complexity index is 209. The van der Waals surface area contributed by atoms with Gasteiger partial charge < -0.3 is 0 Å². The van der Waals surface area contributed by atoms with Crippen molar-refractivity contribution < 1.29 is 14.9 Å². The molecule has 0 atom stereocenters. The maximum absolute atomic E-state index is 5.00. The molecule has 3 nitrogen and oxygen atoms in total. The minimum absolute atomic E-state index is 0.640. The second-order valence-corrected chi connectivity index (χ2v) is 2.44. The van der Waals surface area contributed by atoms with Crippen LogP contribution in [0.2, 0.25) is 0 Å². The Kier molecular flexibility index (Phi) is 3.73. The molecule has 0 saturated carbocycles. The number of hydroxylamine groups is 2. The van der Waals surface area contributed by atoms with E-state index in [0.29, 0.717) is 11.8 Å². The molecule has 1 aromatic rings. The van der Waals surface area contributed by atoms with Crippen LogP contribution in [-0.4, -0.2) is 14.2 Å². The maximum atomic E-state index is 5.00. The van der Waals surface area contributed by atoms with E-state index < -0.39 is 0 Å². The van der Waals surface area contributed by atoms with Gasteiger partial charge in [0.1, 0.15) is 0 Å². The van der Waals surface area contributed by atoms with Crippen LogP contribution in [0.4, 0.5) is 0 Å². The van der Waals surface area contributed by atoms with Crippen molar-refractivity contribution in [2.45, 2.75) is 6.54 Å². The Hall–Kier alpha value is -0.900. The van der Waals surface area contributed by atoms with Crippen LogP contribution < -0.4 is 5.23 Å². The van der Waals surface area contributed by atoms with E-state index in [1.807, 2.05) is 30.3 Å². The lowest BCUT2D eigenvalue weighted by molar-refractivity contribution is -1.25. The zero-order valence-corrected chi connectivity index (χ0v) is 7.41. The van der Waals surface area contributed by atoms with Crippen molar-refractivity contribution in [1.29, 1.82) is 0 Å². The Morgan fingerprint density at radius 2 is 1.67 bits per heavy atom. The normalized spacial score (nSPS) is 10.6. The fourth-order valence-electron chi connectivity index (χ4n) is 0.990. The second-order valence-electron chi connectivity index (χ2n) is 2.44. The number of quaternary nitrogens is 1. The summed E-state index contributed by atoms with van der Waals surface area (Å²) < 4.78 is 0.